The van der Waals surface area contributed by atoms with E-state index in [2.05, 4.69) is 63.7 Å². The molecule has 0 aliphatic rings. The van der Waals surface area contributed by atoms with E-state index in [0.29, 0.717) is 19.6 Å². The van der Waals surface area contributed by atoms with E-state index in [0.717, 1.165) is 124 Å². The van der Waals surface area contributed by atoms with Crippen LogP contribution in [0.5, 0.6) is 0 Å². The monoisotopic (exact) mass is 575 g/mol. The molecule has 0 spiro atoms. The van der Waals surface area contributed by atoms with Gasteiger partial charge in [0, 0.05) is 118 Å². The third-order valence-electron chi connectivity index (χ3n) is 8.17. The second kappa shape index (κ2) is 25.1. The SMILES string of the molecule is CCC(N)(CC)NCCN(CCNCCN)CCN(CCNCCN)CCNCCN(CCN)C(N)(CC)CC. The van der Waals surface area contributed by atoms with Crippen molar-refractivity contribution in [2.75, 3.05) is 118 Å². The van der Waals surface area contributed by atoms with Gasteiger partial charge in [-0.25, -0.2) is 0 Å². The van der Waals surface area contributed by atoms with Crippen LogP contribution in [-0.2, 0) is 0 Å². The number of hydrogen-bond donors (Lipinski definition) is 9. The molecule has 242 valence electrons. The smallest absolute Gasteiger partial charge is 0.0682 e. The zero-order chi connectivity index (χ0) is 30.1. The van der Waals surface area contributed by atoms with Crippen molar-refractivity contribution in [2.24, 2.45) is 28.7 Å². The number of rotatable bonds is 30. The van der Waals surface area contributed by atoms with Gasteiger partial charge in [-0.15, -0.1) is 0 Å². The number of nitrogens with two attached hydrogens (primary N) is 5. The van der Waals surface area contributed by atoms with Gasteiger partial charge in [-0.2, -0.15) is 0 Å². The molecule has 0 fully saturated rings. The highest BCUT2D eigenvalue weighted by molar-refractivity contribution is 4.83. The van der Waals surface area contributed by atoms with Crippen molar-refractivity contribution in [3.05, 3.63) is 0 Å². The van der Waals surface area contributed by atoms with Crippen LogP contribution in [0.15, 0.2) is 0 Å². The summed E-state index contributed by atoms with van der Waals surface area (Å²) >= 11 is 0. The van der Waals surface area contributed by atoms with Crippen LogP contribution < -0.4 is 49.9 Å². The number of hydrogen-bond acceptors (Lipinski definition) is 12. The van der Waals surface area contributed by atoms with E-state index >= 15 is 0 Å². The molecule has 14 N–H and O–H groups in total. The molecule has 0 aliphatic heterocycles. The van der Waals surface area contributed by atoms with Crippen molar-refractivity contribution in [3.8, 4) is 0 Å². The van der Waals surface area contributed by atoms with E-state index in [-0.39, 0.29) is 11.3 Å². The highest BCUT2D eigenvalue weighted by atomic mass is 15.3. The molecular weight excluding hydrogens is 504 g/mol. The van der Waals surface area contributed by atoms with Gasteiger partial charge in [0.05, 0.1) is 11.3 Å². The summed E-state index contributed by atoms with van der Waals surface area (Å²) in [5.74, 6) is 0. The van der Waals surface area contributed by atoms with Gasteiger partial charge in [0.25, 0.3) is 0 Å². The first-order valence-electron chi connectivity index (χ1n) is 16.0. The average Bonchev–Trinajstić information content (AvgIpc) is 2.97. The Bertz CT molecular complexity index is 545. The summed E-state index contributed by atoms with van der Waals surface area (Å²) in [6.45, 7) is 24.5. The molecule has 12 nitrogen and oxygen atoms in total. The minimum Gasteiger partial charge on any atom is -0.329 e. The Balaban J connectivity index is 4.91. The lowest BCUT2D eigenvalue weighted by Gasteiger charge is -2.40. The molecule has 0 heterocycles. The van der Waals surface area contributed by atoms with Crippen LogP contribution in [0.25, 0.3) is 0 Å². The Labute approximate surface area is 247 Å². The van der Waals surface area contributed by atoms with Crippen LogP contribution in [0.4, 0.5) is 0 Å². The second-order valence-electron chi connectivity index (χ2n) is 10.9. The molecule has 0 bridgehead atoms. The maximum Gasteiger partial charge on any atom is 0.0682 e. The zero-order valence-corrected chi connectivity index (χ0v) is 26.8. The fraction of sp³-hybridized carbons (Fsp3) is 1.00. The lowest BCUT2D eigenvalue weighted by atomic mass is 10.0. The van der Waals surface area contributed by atoms with Crippen LogP contribution in [0.2, 0.25) is 0 Å². The summed E-state index contributed by atoms with van der Waals surface area (Å²) in [7, 11) is 0. The maximum atomic E-state index is 6.65. The second-order valence-corrected chi connectivity index (χ2v) is 10.9. The molecule has 0 rings (SSSR count). The fourth-order valence-electron chi connectivity index (χ4n) is 4.83. The molecule has 0 saturated heterocycles. The van der Waals surface area contributed by atoms with Crippen molar-refractivity contribution < 1.29 is 0 Å². The Morgan fingerprint density at radius 1 is 0.475 bits per heavy atom. The molecule has 40 heavy (non-hydrogen) atoms. The third-order valence-corrected chi connectivity index (χ3v) is 8.17. The van der Waals surface area contributed by atoms with Gasteiger partial charge in [-0.05, 0) is 25.7 Å². The van der Waals surface area contributed by atoms with Gasteiger partial charge in [-0.1, -0.05) is 27.7 Å². The van der Waals surface area contributed by atoms with Crippen molar-refractivity contribution in [1.82, 2.24) is 36.0 Å². The van der Waals surface area contributed by atoms with Crippen LogP contribution in [0.1, 0.15) is 53.4 Å². The summed E-state index contributed by atoms with van der Waals surface area (Å²) in [5, 5.41) is 14.1. The predicted octanol–water partition coefficient (Wildman–Crippen LogP) is -1.92. The molecule has 0 aliphatic carbocycles. The normalized spacial score (nSPS) is 12.9. The van der Waals surface area contributed by atoms with E-state index in [1.54, 1.807) is 0 Å². The first kappa shape index (κ1) is 39.5. The summed E-state index contributed by atoms with van der Waals surface area (Å²) in [6, 6.07) is 0. The van der Waals surface area contributed by atoms with E-state index in [1.807, 2.05) is 0 Å². The van der Waals surface area contributed by atoms with Crippen molar-refractivity contribution in [1.29, 1.82) is 0 Å². The van der Waals surface area contributed by atoms with Crippen LogP contribution in [0, 0.1) is 0 Å². The van der Waals surface area contributed by atoms with Gasteiger partial charge in [0.15, 0.2) is 0 Å². The first-order chi connectivity index (χ1) is 19.3. The van der Waals surface area contributed by atoms with Gasteiger partial charge < -0.3 is 44.6 Å². The van der Waals surface area contributed by atoms with Crippen molar-refractivity contribution in [2.45, 2.75) is 64.7 Å². The first-order valence-corrected chi connectivity index (χ1v) is 16.0. The molecule has 0 saturated carbocycles. The van der Waals surface area contributed by atoms with E-state index in [1.165, 1.54) is 0 Å². The zero-order valence-electron chi connectivity index (χ0n) is 26.8. The Kier molecular flexibility index (Phi) is 24.8. The van der Waals surface area contributed by atoms with Gasteiger partial charge >= 0.3 is 0 Å². The lowest BCUT2D eigenvalue weighted by Crippen LogP contribution is -2.58. The van der Waals surface area contributed by atoms with Crippen LogP contribution in [-0.4, -0.2) is 144 Å². The molecule has 0 aromatic rings. The van der Waals surface area contributed by atoms with Crippen LogP contribution in [0.3, 0.4) is 0 Å². The van der Waals surface area contributed by atoms with E-state index in [9.17, 15) is 0 Å². The van der Waals surface area contributed by atoms with Gasteiger partial charge in [0.1, 0.15) is 0 Å². The minimum atomic E-state index is -0.284. The molecule has 0 aromatic carbocycles. The summed E-state index contributed by atoms with van der Waals surface area (Å²) in [5.41, 5.74) is 29.8. The molecule has 0 amide bonds. The summed E-state index contributed by atoms with van der Waals surface area (Å²) < 4.78 is 0. The number of nitrogens with zero attached hydrogens (tertiary/aromatic N) is 3. The molecule has 0 unspecified atom stereocenters. The summed E-state index contributed by atoms with van der Waals surface area (Å²) in [6.07, 6.45) is 3.69. The Hall–Kier alpha value is -0.480. The quantitative estimate of drug-likeness (QED) is 0.0342. The highest BCUT2D eigenvalue weighted by Crippen LogP contribution is 2.16. The molecule has 0 aromatic heterocycles. The third kappa shape index (κ3) is 18.1. The maximum absolute atomic E-state index is 6.65. The lowest BCUT2D eigenvalue weighted by molar-refractivity contribution is 0.0870. The fourth-order valence-corrected chi connectivity index (χ4v) is 4.83. The Morgan fingerprint density at radius 3 is 1.30 bits per heavy atom. The standard InChI is InChI=1S/C28H70N12/c1-5-27(32,6-2)37-18-23-39(21-15-35-13-10-30)26-25-38(20-14-34-12-9-29)22-16-36-17-24-40(19-11-31)28(33,7-3)8-4/h34-37H,5-26,29-33H2,1-4H3. The average molecular weight is 575 g/mol. The van der Waals surface area contributed by atoms with E-state index in [4.69, 9.17) is 28.7 Å². The molecule has 0 radical (unpaired) electrons. The number of nitrogens with one attached hydrogen (secondary N) is 4. The van der Waals surface area contributed by atoms with Crippen molar-refractivity contribution >= 4 is 0 Å². The molecule has 12 heteroatoms. The van der Waals surface area contributed by atoms with Crippen molar-refractivity contribution in [3.63, 3.8) is 0 Å². The van der Waals surface area contributed by atoms with Crippen LogP contribution >= 0.6 is 0 Å². The Morgan fingerprint density at radius 2 is 0.900 bits per heavy atom. The van der Waals surface area contributed by atoms with E-state index < -0.39 is 0 Å². The molecular formula is C28H70N12. The highest BCUT2D eigenvalue weighted by Gasteiger charge is 2.27. The molecule has 0 atom stereocenters. The van der Waals surface area contributed by atoms with Gasteiger partial charge in [-0.3, -0.25) is 20.0 Å². The topological polar surface area (TPSA) is 188 Å². The largest absolute Gasteiger partial charge is 0.329 e. The minimum absolute atomic E-state index is 0.281. The predicted molar refractivity (Wildman–Crippen MR) is 173 cm³/mol. The summed E-state index contributed by atoms with van der Waals surface area (Å²) in [4.78, 5) is 7.40. The van der Waals surface area contributed by atoms with Gasteiger partial charge in [0.2, 0.25) is 0 Å².